The van der Waals surface area contributed by atoms with Crippen molar-refractivity contribution in [1.82, 2.24) is 4.57 Å². The molecule has 2 N–H and O–H groups in total. The van der Waals surface area contributed by atoms with Gasteiger partial charge in [0.05, 0.1) is 22.9 Å². The van der Waals surface area contributed by atoms with Gasteiger partial charge in [0.15, 0.2) is 0 Å². The average molecular weight is 443 g/mol. The van der Waals surface area contributed by atoms with Gasteiger partial charge < -0.3 is 19.1 Å². The summed E-state index contributed by atoms with van der Waals surface area (Å²) in [5, 5.41) is 2.34. The minimum absolute atomic E-state index is 0.0185. The summed E-state index contributed by atoms with van der Waals surface area (Å²) in [7, 11) is -4.30. The second-order valence-electron chi connectivity index (χ2n) is 7.61. The molecule has 5 rings (SSSR count). The van der Waals surface area contributed by atoms with Gasteiger partial charge in [-0.2, -0.15) is 0 Å². The van der Waals surface area contributed by atoms with E-state index in [1.54, 1.807) is 12.1 Å². The van der Waals surface area contributed by atoms with Crippen molar-refractivity contribution in [2.45, 2.75) is 6.92 Å². The van der Waals surface area contributed by atoms with Crippen molar-refractivity contribution < 1.29 is 19.1 Å². The maximum atomic E-state index is 11.6. The van der Waals surface area contributed by atoms with Crippen LogP contribution >= 0.6 is 7.60 Å². The molecule has 5 aromatic rings. The van der Waals surface area contributed by atoms with Gasteiger partial charge in [0.1, 0.15) is 5.75 Å². The Balaban J connectivity index is 1.64. The van der Waals surface area contributed by atoms with E-state index in [4.69, 9.17) is 4.74 Å². The predicted molar refractivity (Wildman–Crippen MR) is 129 cm³/mol. The summed E-state index contributed by atoms with van der Waals surface area (Å²) >= 11 is 0. The van der Waals surface area contributed by atoms with Gasteiger partial charge in [0, 0.05) is 22.5 Å². The highest BCUT2D eigenvalue weighted by molar-refractivity contribution is 7.60. The highest BCUT2D eigenvalue weighted by atomic mass is 31.2. The molecule has 0 radical (unpaired) electrons. The Morgan fingerprint density at radius 3 is 2.28 bits per heavy atom. The van der Waals surface area contributed by atoms with E-state index in [-0.39, 0.29) is 5.30 Å². The fourth-order valence-electron chi connectivity index (χ4n) is 4.15. The minimum Gasteiger partial charge on any atom is -0.494 e. The number of nitrogens with zero attached hydrogens (tertiary/aromatic N) is 1. The summed E-state index contributed by atoms with van der Waals surface area (Å²) in [6.45, 7) is 2.58. The number of rotatable bonds is 5. The average Bonchev–Trinajstić information content (AvgIpc) is 3.13. The van der Waals surface area contributed by atoms with E-state index in [0.717, 1.165) is 39.0 Å². The second-order valence-corrected chi connectivity index (χ2v) is 9.21. The Hall–Kier alpha value is -3.37. The molecular weight excluding hydrogens is 421 g/mol. The van der Waals surface area contributed by atoms with Gasteiger partial charge in [-0.05, 0) is 60.5 Å². The molecule has 5 nitrogen and oxygen atoms in total. The van der Waals surface area contributed by atoms with Crippen molar-refractivity contribution in [3.05, 3.63) is 91.0 Å². The summed E-state index contributed by atoms with van der Waals surface area (Å²) in [4.78, 5) is 19.0. The Morgan fingerprint density at radius 1 is 0.781 bits per heavy atom. The Bertz CT molecular complexity index is 1480. The van der Waals surface area contributed by atoms with Crippen LogP contribution in [0, 0.1) is 0 Å². The third-order valence-corrected chi connectivity index (χ3v) is 6.55. The van der Waals surface area contributed by atoms with Crippen LogP contribution < -0.4 is 10.0 Å². The molecule has 4 aromatic carbocycles. The highest BCUT2D eigenvalue weighted by Crippen LogP contribution is 2.36. The molecule has 0 amide bonds. The predicted octanol–water partition coefficient (Wildman–Crippen LogP) is 5.65. The maximum absolute atomic E-state index is 11.6. The molecule has 6 heteroatoms. The van der Waals surface area contributed by atoms with Gasteiger partial charge in [-0.15, -0.1) is 0 Å². The number of hydrogen-bond donors (Lipinski definition) is 2. The van der Waals surface area contributed by atoms with Crippen LogP contribution in [0.2, 0.25) is 0 Å². The van der Waals surface area contributed by atoms with E-state index in [1.165, 1.54) is 11.5 Å². The van der Waals surface area contributed by atoms with Crippen LogP contribution in [0.3, 0.4) is 0 Å². The molecule has 0 aliphatic carbocycles. The van der Waals surface area contributed by atoms with Crippen molar-refractivity contribution in [2.75, 3.05) is 6.61 Å². The van der Waals surface area contributed by atoms with Crippen LogP contribution in [0.25, 0.3) is 38.6 Å². The lowest BCUT2D eigenvalue weighted by molar-refractivity contribution is 0.340. The fraction of sp³-hybridized carbons (Fsp3) is 0.0769. The quantitative estimate of drug-likeness (QED) is 0.344. The zero-order valence-corrected chi connectivity index (χ0v) is 18.4. The lowest BCUT2D eigenvalue weighted by Crippen LogP contribution is -2.03. The molecule has 160 valence electrons. The zero-order valence-electron chi connectivity index (χ0n) is 17.5. The third-order valence-electron chi connectivity index (χ3n) is 5.60. The number of aromatic nitrogens is 1. The largest absolute Gasteiger partial charge is 0.494 e. The van der Waals surface area contributed by atoms with Crippen molar-refractivity contribution in [2.24, 2.45) is 0 Å². The maximum Gasteiger partial charge on any atom is 0.356 e. The molecule has 0 aliphatic rings. The number of fused-ring (bicyclic) bond motifs is 3. The molecule has 0 spiro atoms. The summed E-state index contributed by atoms with van der Waals surface area (Å²) in [5.41, 5.74) is 4.82. The molecular formula is C26H22NO4P. The SMILES string of the molecule is CCOc1ccc2c3ccccc3n(-c3ccc(-c4cccc(P(=O)(O)O)c4)cc3)c2c1. The van der Waals surface area contributed by atoms with E-state index in [0.29, 0.717) is 6.61 Å². The molecule has 0 atom stereocenters. The fourth-order valence-corrected chi connectivity index (χ4v) is 4.74. The number of para-hydroxylation sites is 1. The number of benzene rings is 4. The highest BCUT2D eigenvalue weighted by Gasteiger charge is 2.17. The Labute approximate surface area is 185 Å². The van der Waals surface area contributed by atoms with E-state index >= 15 is 0 Å². The van der Waals surface area contributed by atoms with Crippen molar-refractivity contribution >= 4 is 34.7 Å². The van der Waals surface area contributed by atoms with Gasteiger partial charge in [0.25, 0.3) is 0 Å². The van der Waals surface area contributed by atoms with Crippen molar-refractivity contribution in [3.8, 4) is 22.6 Å². The molecule has 0 fully saturated rings. The van der Waals surface area contributed by atoms with Crippen LogP contribution in [-0.2, 0) is 4.57 Å². The molecule has 1 heterocycles. The van der Waals surface area contributed by atoms with E-state index < -0.39 is 7.60 Å². The van der Waals surface area contributed by atoms with E-state index in [9.17, 15) is 14.4 Å². The topological polar surface area (TPSA) is 71.7 Å². The Morgan fingerprint density at radius 2 is 1.53 bits per heavy atom. The molecule has 0 aliphatic heterocycles. The first-order valence-electron chi connectivity index (χ1n) is 10.4. The molecule has 1 aromatic heterocycles. The molecule has 0 bridgehead atoms. The summed E-state index contributed by atoms with van der Waals surface area (Å²) in [6.07, 6.45) is 0. The summed E-state index contributed by atoms with van der Waals surface area (Å²) in [5.74, 6) is 0.829. The smallest absolute Gasteiger partial charge is 0.356 e. The molecule has 0 unspecified atom stereocenters. The van der Waals surface area contributed by atoms with Crippen LogP contribution in [-0.4, -0.2) is 21.0 Å². The number of ether oxygens (including phenoxy) is 1. The second kappa shape index (κ2) is 7.95. The van der Waals surface area contributed by atoms with Gasteiger partial charge >= 0.3 is 7.60 Å². The van der Waals surface area contributed by atoms with Gasteiger partial charge in [-0.25, -0.2) is 0 Å². The molecule has 0 saturated heterocycles. The lowest BCUT2D eigenvalue weighted by atomic mass is 10.1. The Kier molecular flexibility index (Phi) is 5.10. The van der Waals surface area contributed by atoms with E-state index in [1.807, 2.05) is 55.5 Å². The van der Waals surface area contributed by atoms with Gasteiger partial charge in [0.2, 0.25) is 0 Å². The van der Waals surface area contributed by atoms with E-state index in [2.05, 4.69) is 28.8 Å². The first-order valence-corrected chi connectivity index (χ1v) is 12.0. The molecule has 32 heavy (non-hydrogen) atoms. The summed E-state index contributed by atoms with van der Waals surface area (Å²) in [6, 6.07) is 29.0. The van der Waals surface area contributed by atoms with Gasteiger partial charge in [-0.1, -0.05) is 42.5 Å². The normalized spacial score (nSPS) is 11.8. The lowest BCUT2D eigenvalue weighted by Gasteiger charge is -2.11. The van der Waals surface area contributed by atoms with Crippen LogP contribution in [0.15, 0.2) is 91.0 Å². The van der Waals surface area contributed by atoms with Crippen LogP contribution in [0.4, 0.5) is 0 Å². The number of hydrogen-bond acceptors (Lipinski definition) is 2. The molecule has 0 saturated carbocycles. The van der Waals surface area contributed by atoms with Crippen LogP contribution in [0.1, 0.15) is 6.92 Å². The van der Waals surface area contributed by atoms with Crippen molar-refractivity contribution in [1.29, 1.82) is 0 Å². The first-order chi connectivity index (χ1) is 15.5. The minimum atomic E-state index is -4.30. The first kappa shape index (κ1) is 20.5. The van der Waals surface area contributed by atoms with Crippen molar-refractivity contribution in [3.63, 3.8) is 0 Å². The monoisotopic (exact) mass is 443 g/mol. The van der Waals surface area contributed by atoms with Crippen LogP contribution in [0.5, 0.6) is 5.75 Å². The third kappa shape index (κ3) is 3.61. The van der Waals surface area contributed by atoms with Gasteiger partial charge in [-0.3, -0.25) is 4.57 Å². The standard InChI is InChI=1S/C26H22NO4P/c1-2-31-21-14-15-24-23-8-3-4-9-25(23)27(26(24)17-21)20-12-10-18(11-13-20)19-6-5-7-22(16-19)32(28,29)30/h3-17H,2H2,1H3,(H2,28,29,30). The summed E-state index contributed by atoms with van der Waals surface area (Å²) < 4.78 is 19.6. The zero-order chi connectivity index (χ0) is 22.3.